The van der Waals surface area contributed by atoms with Gasteiger partial charge in [-0.25, -0.2) is 18.4 Å². The Morgan fingerprint density at radius 1 is 0.553 bits per heavy atom. The Kier molecular flexibility index (Phi) is 6.80. The maximum Gasteiger partial charge on any atom is 0.343 e. The minimum atomic E-state index is -0.838. The van der Waals surface area contributed by atoms with Crippen molar-refractivity contribution in [1.29, 1.82) is 0 Å². The smallest absolute Gasteiger partial charge is 0.343 e. The topological polar surface area (TPSA) is 52.6 Å². The molecule has 2 bridgehead atoms. The lowest BCUT2D eigenvalue weighted by Crippen LogP contribution is -2.44. The van der Waals surface area contributed by atoms with Crippen LogP contribution >= 0.6 is 0 Å². The summed E-state index contributed by atoms with van der Waals surface area (Å²) in [5.74, 6) is -1.89. The van der Waals surface area contributed by atoms with Crippen LogP contribution < -0.4 is 9.47 Å². The number of esters is 2. The lowest BCUT2D eigenvalue weighted by atomic mass is 9.51. The fraction of sp³-hybridized carbons (Fsp3) is 0.0732. The van der Waals surface area contributed by atoms with Gasteiger partial charge in [-0.3, -0.25) is 0 Å². The van der Waals surface area contributed by atoms with Gasteiger partial charge >= 0.3 is 11.9 Å². The van der Waals surface area contributed by atoms with Crippen molar-refractivity contribution in [2.75, 3.05) is 0 Å². The van der Waals surface area contributed by atoms with Crippen molar-refractivity contribution < 1.29 is 27.8 Å². The van der Waals surface area contributed by atoms with Crippen molar-refractivity contribution in [3.05, 3.63) is 201 Å². The van der Waals surface area contributed by atoms with Gasteiger partial charge < -0.3 is 9.47 Å². The van der Waals surface area contributed by atoms with Crippen LogP contribution in [0.15, 0.2) is 140 Å². The molecule has 0 radical (unpaired) electrons. The van der Waals surface area contributed by atoms with Crippen LogP contribution in [0.1, 0.15) is 65.6 Å². The van der Waals surface area contributed by atoms with E-state index in [2.05, 4.69) is 36.4 Å². The molecular formula is C41H26F2O4. The fourth-order valence-electron chi connectivity index (χ4n) is 7.32. The number of carbonyl (C=O) groups excluding carboxylic acids is 2. The molecule has 3 aliphatic rings. The molecule has 0 saturated carbocycles. The summed E-state index contributed by atoms with van der Waals surface area (Å²) < 4.78 is 39.7. The van der Waals surface area contributed by atoms with Crippen molar-refractivity contribution >= 4 is 11.9 Å². The third kappa shape index (κ3) is 4.64. The summed E-state index contributed by atoms with van der Waals surface area (Å²) in [5.41, 5.74) is 6.34. The molecule has 0 aliphatic heterocycles. The Morgan fingerprint density at radius 3 is 1.57 bits per heavy atom. The van der Waals surface area contributed by atoms with Crippen molar-refractivity contribution in [2.24, 2.45) is 0 Å². The molecule has 0 fully saturated rings. The van der Waals surface area contributed by atoms with E-state index in [1.165, 1.54) is 48.5 Å². The maximum absolute atomic E-state index is 13.7. The fourth-order valence-corrected chi connectivity index (χ4v) is 7.32. The van der Waals surface area contributed by atoms with E-state index < -0.39 is 29.0 Å². The molecule has 47 heavy (non-hydrogen) atoms. The molecule has 0 N–H and O–H groups in total. The molecule has 0 amide bonds. The molecule has 0 saturated heterocycles. The molecule has 0 unspecified atom stereocenters. The van der Waals surface area contributed by atoms with Gasteiger partial charge in [0.15, 0.2) is 0 Å². The van der Waals surface area contributed by atoms with Gasteiger partial charge in [-0.15, -0.1) is 0 Å². The standard InChI is InChI=1S/C41H26F2O4/c42-28-18-14-26(15-19-28)39(44)46-34-22-23-35(47-40(45)27-16-20-29(43)21-17-27)38-37(34)36-30-10-4-6-12-32(30)41(38,24-25-8-2-1-3-9-25)33-13-7-5-11-31(33)36/h1-23,36H,24H2. The molecule has 3 aliphatic carbocycles. The molecule has 0 aromatic heterocycles. The number of hydrogen-bond donors (Lipinski definition) is 0. The highest BCUT2D eigenvalue weighted by molar-refractivity contribution is 5.93. The number of hydrogen-bond acceptors (Lipinski definition) is 4. The molecule has 9 rings (SSSR count). The SMILES string of the molecule is O=C(Oc1ccc(OC(=O)c2ccc(F)cc2)c2c1C1c3ccccc3C2(Cc2ccccc2)c2ccccc21)c1ccc(F)cc1. The largest absolute Gasteiger partial charge is 0.423 e. The molecule has 0 heterocycles. The minimum absolute atomic E-state index is 0.200. The Bertz CT molecular complexity index is 2130. The van der Waals surface area contributed by atoms with Crippen LogP contribution in [0.2, 0.25) is 0 Å². The highest BCUT2D eigenvalue weighted by atomic mass is 19.1. The Hall–Kier alpha value is -5.88. The first-order valence-corrected chi connectivity index (χ1v) is 15.3. The molecular weight excluding hydrogens is 594 g/mol. The Labute approximate surface area is 269 Å². The number of benzene rings is 6. The van der Waals surface area contributed by atoms with Gasteiger partial charge in [0.25, 0.3) is 0 Å². The number of carbonyl (C=O) groups is 2. The van der Waals surface area contributed by atoms with E-state index in [-0.39, 0.29) is 17.0 Å². The average molecular weight is 621 g/mol. The summed E-state index contributed by atoms with van der Waals surface area (Å²) >= 11 is 0. The van der Waals surface area contributed by atoms with Crippen LogP contribution in [0.3, 0.4) is 0 Å². The van der Waals surface area contributed by atoms with Crippen LogP contribution in [0.5, 0.6) is 11.5 Å². The predicted molar refractivity (Wildman–Crippen MR) is 173 cm³/mol. The van der Waals surface area contributed by atoms with Gasteiger partial charge in [0.1, 0.15) is 23.1 Å². The van der Waals surface area contributed by atoms with Crippen LogP contribution in [0.25, 0.3) is 0 Å². The third-order valence-corrected chi connectivity index (χ3v) is 9.22. The maximum atomic E-state index is 13.7. The number of ether oxygens (including phenoxy) is 2. The summed E-state index contributed by atoms with van der Waals surface area (Å²) in [6.45, 7) is 0. The van der Waals surface area contributed by atoms with E-state index in [9.17, 15) is 18.4 Å². The van der Waals surface area contributed by atoms with Crippen LogP contribution in [-0.2, 0) is 11.8 Å². The number of halogens is 2. The monoisotopic (exact) mass is 620 g/mol. The van der Waals surface area contributed by atoms with Gasteiger partial charge in [-0.05, 0) is 94.9 Å². The molecule has 6 aromatic rings. The predicted octanol–water partition coefficient (Wildman–Crippen LogP) is 8.79. The summed E-state index contributed by atoms with van der Waals surface area (Å²) in [5, 5.41) is 0. The zero-order chi connectivity index (χ0) is 32.1. The van der Waals surface area contributed by atoms with E-state index in [0.29, 0.717) is 17.9 Å². The van der Waals surface area contributed by atoms with E-state index in [1.54, 1.807) is 12.1 Å². The summed E-state index contributed by atoms with van der Waals surface area (Å²) in [4.78, 5) is 27.1. The quantitative estimate of drug-likeness (QED) is 0.138. The highest BCUT2D eigenvalue weighted by Crippen LogP contribution is 2.64. The molecule has 228 valence electrons. The van der Waals surface area contributed by atoms with Crippen molar-refractivity contribution in [3.8, 4) is 11.5 Å². The zero-order valence-corrected chi connectivity index (χ0v) is 25.0. The zero-order valence-electron chi connectivity index (χ0n) is 25.0. The van der Waals surface area contributed by atoms with E-state index in [4.69, 9.17) is 9.47 Å². The first-order valence-electron chi connectivity index (χ1n) is 15.3. The van der Waals surface area contributed by atoms with Crippen LogP contribution in [0, 0.1) is 11.6 Å². The van der Waals surface area contributed by atoms with Gasteiger partial charge in [0.2, 0.25) is 0 Å². The second-order valence-electron chi connectivity index (χ2n) is 11.8. The molecule has 4 nitrogen and oxygen atoms in total. The lowest BCUT2D eigenvalue weighted by molar-refractivity contribution is 0.0714. The Balaban J connectivity index is 1.39. The van der Waals surface area contributed by atoms with Crippen LogP contribution in [-0.4, -0.2) is 11.9 Å². The summed E-state index contributed by atoms with van der Waals surface area (Å²) in [6.07, 6.45) is 0.526. The van der Waals surface area contributed by atoms with E-state index in [1.807, 2.05) is 42.5 Å². The molecule has 0 atom stereocenters. The van der Waals surface area contributed by atoms with E-state index >= 15 is 0 Å². The number of rotatable bonds is 6. The normalized spacial score (nSPS) is 16.9. The van der Waals surface area contributed by atoms with E-state index in [0.717, 1.165) is 38.9 Å². The summed E-state index contributed by atoms with van der Waals surface area (Å²) in [7, 11) is 0. The highest BCUT2D eigenvalue weighted by Gasteiger charge is 2.54. The third-order valence-electron chi connectivity index (χ3n) is 9.22. The molecule has 6 heteroatoms. The van der Waals surface area contributed by atoms with Crippen molar-refractivity contribution in [3.63, 3.8) is 0 Å². The van der Waals surface area contributed by atoms with Crippen molar-refractivity contribution in [1.82, 2.24) is 0 Å². The second kappa shape index (κ2) is 11.2. The minimum Gasteiger partial charge on any atom is -0.423 e. The van der Waals surface area contributed by atoms with Gasteiger partial charge in [0, 0.05) is 17.0 Å². The molecule has 6 aromatic carbocycles. The average Bonchev–Trinajstić information content (AvgIpc) is 3.10. The van der Waals surface area contributed by atoms with Gasteiger partial charge in [0.05, 0.1) is 16.5 Å². The Morgan fingerprint density at radius 2 is 1.02 bits per heavy atom. The first-order chi connectivity index (χ1) is 22.9. The molecule has 0 spiro atoms. The second-order valence-corrected chi connectivity index (χ2v) is 11.8. The van der Waals surface area contributed by atoms with Gasteiger partial charge in [-0.1, -0.05) is 78.9 Å². The summed E-state index contributed by atoms with van der Waals surface area (Å²) in [6, 6.07) is 40.3. The van der Waals surface area contributed by atoms with Crippen molar-refractivity contribution in [2.45, 2.75) is 17.8 Å². The lowest BCUT2D eigenvalue weighted by Gasteiger charge is -2.51. The van der Waals surface area contributed by atoms with Gasteiger partial charge in [-0.2, -0.15) is 0 Å². The van der Waals surface area contributed by atoms with Crippen LogP contribution in [0.4, 0.5) is 8.78 Å². The first kappa shape index (κ1) is 28.6.